The molecule has 0 unspecified atom stereocenters. The lowest BCUT2D eigenvalue weighted by Crippen LogP contribution is -2.13. The monoisotopic (exact) mass is 463 g/mol. The molecule has 0 saturated carbocycles. The number of nitrogens with one attached hydrogen (secondary N) is 1. The number of anilines is 1. The van der Waals surface area contributed by atoms with Crippen molar-refractivity contribution in [3.8, 4) is 17.6 Å². The van der Waals surface area contributed by atoms with Crippen LogP contribution in [-0.4, -0.2) is 17.9 Å². The highest BCUT2D eigenvalue weighted by molar-refractivity contribution is 6.31. The smallest absolute Gasteiger partial charge is 0.271 e. The maximum absolute atomic E-state index is 12.7. The van der Waals surface area contributed by atoms with Gasteiger partial charge in [-0.25, -0.2) is 0 Å². The Morgan fingerprint density at radius 1 is 1.18 bits per heavy atom. The number of non-ortho nitro benzene ring substituents is 1. The molecule has 3 aromatic rings. The van der Waals surface area contributed by atoms with Crippen molar-refractivity contribution >= 4 is 35.0 Å². The van der Waals surface area contributed by atoms with Crippen molar-refractivity contribution < 1.29 is 19.2 Å². The minimum absolute atomic E-state index is 0.142. The largest absolute Gasteiger partial charge is 0.493 e. The molecule has 0 aromatic heterocycles. The molecule has 8 nitrogen and oxygen atoms in total. The zero-order valence-electron chi connectivity index (χ0n) is 17.4. The van der Waals surface area contributed by atoms with E-state index in [2.05, 4.69) is 5.32 Å². The minimum Gasteiger partial charge on any atom is -0.493 e. The number of halogens is 1. The summed E-state index contributed by atoms with van der Waals surface area (Å²) in [6, 6.07) is 19.5. The summed E-state index contributed by atoms with van der Waals surface area (Å²) in [5.41, 5.74) is 0.975. The molecule has 3 rings (SSSR count). The Bertz CT molecular complexity index is 1270. The second kappa shape index (κ2) is 10.8. The Morgan fingerprint density at radius 3 is 2.64 bits per heavy atom. The number of hydrogen-bond acceptors (Lipinski definition) is 6. The molecule has 0 fully saturated rings. The SMILES string of the molecule is COc1cccc(/C=C(\C#N)C(=O)Nc2cccc([N+](=O)[O-])c2)c1OCc1ccccc1Cl. The maximum atomic E-state index is 12.7. The van der Waals surface area contributed by atoms with Crippen molar-refractivity contribution in [3.63, 3.8) is 0 Å². The average molecular weight is 464 g/mol. The molecule has 0 heterocycles. The molecular formula is C24H18ClN3O5. The van der Waals surface area contributed by atoms with E-state index in [1.54, 1.807) is 24.3 Å². The summed E-state index contributed by atoms with van der Waals surface area (Å²) in [6.07, 6.45) is 1.36. The van der Waals surface area contributed by atoms with Gasteiger partial charge in [-0.3, -0.25) is 14.9 Å². The van der Waals surface area contributed by atoms with Crippen LogP contribution in [0, 0.1) is 21.4 Å². The summed E-state index contributed by atoms with van der Waals surface area (Å²) < 4.78 is 11.3. The average Bonchev–Trinajstić information content (AvgIpc) is 2.82. The van der Waals surface area contributed by atoms with Crippen molar-refractivity contribution in [2.24, 2.45) is 0 Å². The van der Waals surface area contributed by atoms with Crippen molar-refractivity contribution in [2.45, 2.75) is 6.61 Å². The van der Waals surface area contributed by atoms with Crippen molar-refractivity contribution in [3.05, 3.63) is 98.6 Å². The van der Waals surface area contributed by atoms with Gasteiger partial charge in [0.25, 0.3) is 11.6 Å². The van der Waals surface area contributed by atoms with Gasteiger partial charge >= 0.3 is 0 Å². The van der Waals surface area contributed by atoms with E-state index in [9.17, 15) is 20.2 Å². The molecule has 0 atom stereocenters. The summed E-state index contributed by atoms with van der Waals surface area (Å²) >= 11 is 6.20. The highest BCUT2D eigenvalue weighted by Crippen LogP contribution is 2.34. The molecule has 0 aliphatic carbocycles. The molecular weight excluding hydrogens is 446 g/mol. The second-order valence-electron chi connectivity index (χ2n) is 6.69. The zero-order chi connectivity index (χ0) is 23.8. The van der Waals surface area contributed by atoms with Crippen LogP contribution < -0.4 is 14.8 Å². The number of nitrogens with zero attached hydrogens (tertiary/aromatic N) is 2. The van der Waals surface area contributed by atoms with Crippen molar-refractivity contribution in [1.82, 2.24) is 0 Å². The summed E-state index contributed by atoms with van der Waals surface area (Å²) in [5.74, 6) is 0.0147. The highest BCUT2D eigenvalue weighted by atomic mass is 35.5. The summed E-state index contributed by atoms with van der Waals surface area (Å²) in [7, 11) is 1.48. The Hall–Kier alpha value is -4.35. The van der Waals surface area contributed by atoms with Gasteiger partial charge in [0, 0.05) is 34.0 Å². The Balaban J connectivity index is 1.89. The van der Waals surface area contributed by atoms with Crippen LogP contribution in [-0.2, 0) is 11.4 Å². The first-order valence-electron chi connectivity index (χ1n) is 9.63. The molecule has 9 heteroatoms. The minimum atomic E-state index is -0.724. The first kappa shape index (κ1) is 23.3. The molecule has 0 spiro atoms. The first-order chi connectivity index (χ1) is 15.9. The number of carbonyl (C=O) groups is 1. The molecule has 0 saturated heterocycles. The van der Waals surface area contributed by atoms with E-state index in [-0.39, 0.29) is 23.6 Å². The summed E-state index contributed by atoms with van der Waals surface area (Å²) in [6.45, 7) is 0.142. The third-order valence-corrected chi connectivity index (χ3v) is 4.91. The second-order valence-corrected chi connectivity index (χ2v) is 7.10. The van der Waals surface area contributed by atoms with Gasteiger partial charge in [-0.15, -0.1) is 0 Å². The molecule has 1 N–H and O–H groups in total. The highest BCUT2D eigenvalue weighted by Gasteiger charge is 2.16. The number of rotatable bonds is 8. The Labute approximate surface area is 194 Å². The van der Waals surface area contributed by atoms with Crippen LogP contribution in [0.3, 0.4) is 0 Å². The molecule has 0 bridgehead atoms. The van der Waals surface area contributed by atoms with Gasteiger partial charge < -0.3 is 14.8 Å². The topological polar surface area (TPSA) is 114 Å². The van der Waals surface area contributed by atoms with E-state index in [1.807, 2.05) is 24.3 Å². The van der Waals surface area contributed by atoms with Gasteiger partial charge in [0.1, 0.15) is 18.2 Å². The Kier molecular flexibility index (Phi) is 7.63. The molecule has 33 heavy (non-hydrogen) atoms. The predicted octanol–water partition coefficient (Wildman–Crippen LogP) is 5.38. The number of para-hydroxylation sites is 1. The normalized spacial score (nSPS) is 10.8. The molecule has 0 radical (unpaired) electrons. The van der Waals surface area contributed by atoms with Crippen LogP contribution in [0.25, 0.3) is 6.08 Å². The van der Waals surface area contributed by atoms with Crippen LogP contribution in [0.4, 0.5) is 11.4 Å². The Morgan fingerprint density at radius 2 is 1.94 bits per heavy atom. The van der Waals surface area contributed by atoms with Gasteiger partial charge in [0.05, 0.1) is 12.0 Å². The van der Waals surface area contributed by atoms with E-state index in [0.29, 0.717) is 22.1 Å². The number of nitriles is 1. The van der Waals surface area contributed by atoms with E-state index in [4.69, 9.17) is 21.1 Å². The lowest BCUT2D eigenvalue weighted by Gasteiger charge is -2.14. The van der Waals surface area contributed by atoms with Gasteiger partial charge in [-0.2, -0.15) is 5.26 Å². The summed E-state index contributed by atoms with van der Waals surface area (Å²) in [4.78, 5) is 23.0. The quantitative estimate of drug-likeness (QED) is 0.207. The van der Waals surface area contributed by atoms with Crippen LogP contribution in [0.15, 0.2) is 72.3 Å². The number of methoxy groups -OCH3 is 1. The number of nitro groups is 1. The van der Waals surface area contributed by atoms with Gasteiger partial charge in [-0.05, 0) is 24.3 Å². The van der Waals surface area contributed by atoms with Gasteiger partial charge in [0.2, 0.25) is 0 Å². The van der Waals surface area contributed by atoms with E-state index >= 15 is 0 Å². The molecule has 1 amide bonds. The molecule has 0 aliphatic heterocycles. The van der Waals surface area contributed by atoms with Gasteiger partial charge in [-0.1, -0.05) is 48.0 Å². The standard InChI is InChI=1S/C24H18ClN3O5/c1-32-22-11-4-7-16(23(22)33-15-17-6-2-3-10-21(17)25)12-18(14-26)24(29)27-19-8-5-9-20(13-19)28(30)31/h2-13H,15H2,1H3,(H,27,29)/b18-12+. The number of hydrogen-bond donors (Lipinski definition) is 1. The van der Waals surface area contributed by atoms with Crippen molar-refractivity contribution in [1.29, 1.82) is 5.26 Å². The maximum Gasteiger partial charge on any atom is 0.271 e. The third kappa shape index (κ3) is 5.87. The van der Waals surface area contributed by atoms with Crippen molar-refractivity contribution in [2.75, 3.05) is 12.4 Å². The number of benzene rings is 3. The van der Waals surface area contributed by atoms with E-state index in [0.717, 1.165) is 5.56 Å². The predicted molar refractivity (Wildman–Crippen MR) is 124 cm³/mol. The lowest BCUT2D eigenvalue weighted by molar-refractivity contribution is -0.384. The molecule has 166 valence electrons. The van der Waals surface area contributed by atoms with Crippen LogP contribution in [0.2, 0.25) is 5.02 Å². The van der Waals surface area contributed by atoms with E-state index in [1.165, 1.54) is 37.5 Å². The number of nitro benzene ring substituents is 1. The number of amides is 1. The number of ether oxygens (including phenoxy) is 2. The van der Waals surface area contributed by atoms with Crippen LogP contribution in [0.5, 0.6) is 11.5 Å². The van der Waals surface area contributed by atoms with Crippen LogP contribution >= 0.6 is 11.6 Å². The summed E-state index contributed by atoms with van der Waals surface area (Å²) in [5, 5.41) is 23.6. The third-order valence-electron chi connectivity index (χ3n) is 4.54. The molecule has 0 aliphatic rings. The first-order valence-corrected chi connectivity index (χ1v) is 10.0. The molecule has 3 aromatic carbocycles. The fraction of sp³-hybridized carbons (Fsp3) is 0.0833. The van der Waals surface area contributed by atoms with Crippen LogP contribution in [0.1, 0.15) is 11.1 Å². The fourth-order valence-electron chi connectivity index (χ4n) is 2.93. The van der Waals surface area contributed by atoms with E-state index < -0.39 is 10.8 Å². The fourth-order valence-corrected chi connectivity index (χ4v) is 3.12. The lowest BCUT2D eigenvalue weighted by atomic mass is 10.1. The number of carbonyl (C=O) groups excluding carboxylic acids is 1. The van der Waals surface area contributed by atoms with Gasteiger partial charge in [0.15, 0.2) is 11.5 Å². The zero-order valence-corrected chi connectivity index (χ0v) is 18.2.